The largest absolute Gasteiger partial charge is 0.459 e. The fourth-order valence-electron chi connectivity index (χ4n) is 3.87. The van der Waals surface area contributed by atoms with Crippen molar-refractivity contribution in [2.45, 2.75) is 51.2 Å². The van der Waals surface area contributed by atoms with Crippen LogP contribution in [-0.2, 0) is 24.3 Å². The predicted molar refractivity (Wildman–Crippen MR) is 103 cm³/mol. The summed E-state index contributed by atoms with van der Waals surface area (Å²) in [6.07, 6.45) is 5.22. The van der Waals surface area contributed by atoms with Crippen LogP contribution in [0.3, 0.4) is 0 Å². The van der Waals surface area contributed by atoms with Crippen LogP contribution in [0.4, 0.5) is 0 Å². The number of furan rings is 1. The predicted octanol–water partition coefficient (Wildman–Crippen LogP) is 1.32. The average molecular weight is 385 g/mol. The molecule has 8 heteroatoms. The third kappa shape index (κ3) is 4.44. The number of nitrogens with one attached hydrogen (secondary N) is 2. The zero-order valence-corrected chi connectivity index (χ0v) is 16.0. The van der Waals surface area contributed by atoms with Gasteiger partial charge in [-0.15, -0.1) is 0 Å². The number of nitrogens with zero attached hydrogens (tertiary/aromatic N) is 3. The van der Waals surface area contributed by atoms with E-state index in [1.54, 1.807) is 17.0 Å². The van der Waals surface area contributed by atoms with Crippen LogP contribution in [0.5, 0.6) is 0 Å². The highest BCUT2D eigenvalue weighted by Crippen LogP contribution is 2.15. The van der Waals surface area contributed by atoms with E-state index in [1.807, 2.05) is 0 Å². The normalized spacial score (nSPS) is 17.8. The van der Waals surface area contributed by atoms with E-state index in [-0.39, 0.29) is 17.9 Å². The van der Waals surface area contributed by atoms with Crippen LogP contribution in [0.15, 0.2) is 28.9 Å². The van der Waals surface area contributed by atoms with E-state index in [9.17, 15) is 9.59 Å². The fraction of sp³-hybridized carbons (Fsp3) is 0.550. The Balaban J connectivity index is 1.20. The maximum atomic E-state index is 12.3. The van der Waals surface area contributed by atoms with Crippen LogP contribution < -0.4 is 10.6 Å². The Morgan fingerprint density at radius 3 is 2.93 bits per heavy atom. The smallest absolute Gasteiger partial charge is 0.289 e. The van der Waals surface area contributed by atoms with Gasteiger partial charge in [0.05, 0.1) is 17.7 Å². The first kappa shape index (κ1) is 18.7. The highest BCUT2D eigenvalue weighted by molar-refractivity contribution is 5.91. The van der Waals surface area contributed by atoms with Crippen molar-refractivity contribution in [1.82, 2.24) is 25.3 Å². The van der Waals surface area contributed by atoms with Gasteiger partial charge in [0, 0.05) is 45.1 Å². The van der Waals surface area contributed by atoms with Crippen LogP contribution in [0.25, 0.3) is 0 Å². The zero-order chi connectivity index (χ0) is 19.3. The number of rotatable bonds is 5. The lowest BCUT2D eigenvalue weighted by Crippen LogP contribution is -2.46. The Hall–Kier alpha value is -2.61. The van der Waals surface area contributed by atoms with Gasteiger partial charge in [-0.25, -0.2) is 0 Å². The first-order chi connectivity index (χ1) is 13.7. The highest BCUT2D eigenvalue weighted by atomic mass is 16.3. The Morgan fingerprint density at radius 2 is 2.14 bits per heavy atom. The van der Waals surface area contributed by atoms with Crippen molar-refractivity contribution < 1.29 is 14.0 Å². The standard InChI is InChI=1S/C20H27N5O3/c26-19(5-4-16-13-17-14-21-8-2-9-25(17)23-16)22-15-6-10-24(11-7-15)20(27)18-3-1-12-28-18/h1,3,12-13,15,21H,2,4-11,14H2,(H,22,26). The molecule has 0 bridgehead atoms. The summed E-state index contributed by atoms with van der Waals surface area (Å²) in [6, 6.07) is 5.62. The van der Waals surface area contributed by atoms with E-state index in [0.29, 0.717) is 31.7 Å². The van der Waals surface area contributed by atoms with Gasteiger partial charge in [-0.3, -0.25) is 14.3 Å². The lowest BCUT2D eigenvalue weighted by molar-refractivity contribution is -0.122. The zero-order valence-electron chi connectivity index (χ0n) is 16.0. The molecular weight excluding hydrogens is 358 g/mol. The van der Waals surface area contributed by atoms with Gasteiger partial charge in [0.15, 0.2) is 5.76 Å². The number of aryl methyl sites for hydroxylation is 2. The monoisotopic (exact) mass is 385 g/mol. The quantitative estimate of drug-likeness (QED) is 0.810. The van der Waals surface area contributed by atoms with Crippen LogP contribution in [0.1, 0.15) is 47.6 Å². The van der Waals surface area contributed by atoms with E-state index in [1.165, 1.54) is 12.0 Å². The lowest BCUT2D eigenvalue weighted by atomic mass is 10.0. The van der Waals surface area contributed by atoms with Crippen LogP contribution in [-0.4, -0.2) is 52.2 Å². The summed E-state index contributed by atoms with van der Waals surface area (Å²) >= 11 is 0. The minimum Gasteiger partial charge on any atom is -0.459 e. The molecule has 2 aromatic rings. The SMILES string of the molecule is O=C(CCc1cc2n(n1)CCCNC2)NC1CCN(C(=O)c2ccco2)CC1. The van der Waals surface area contributed by atoms with E-state index in [2.05, 4.69) is 26.5 Å². The van der Waals surface area contributed by atoms with Gasteiger partial charge in [0.1, 0.15) is 0 Å². The highest BCUT2D eigenvalue weighted by Gasteiger charge is 2.25. The lowest BCUT2D eigenvalue weighted by Gasteiger charge is -2.31. The van der Waals surface area contributed by atoms with E-state index in [0.717, 1.165) is 44.6 Å². The second-order valence-electron chi connectivity index (χ2n) is 7.49. The first-order valence-electron chi connectivity index (χ1n) is 10.1. The van der Waals surface area contributed by atoms with E-state index >= 15 is 0 Å². The molecule has 0 atom stereocenters. The Bertz CT molecular complexity index is 782. The molecule has 0 spiro atoms. The number of hydrogen-bond donors (Lipinski definition) is 2. The van der Waals surface area contributed by atoms with Gasteiger partial charge in [-0.1, -0.05) is 0 Å². The van der Waals surface area contributed by atoms with Crippen molar-refractivity contribution in [3.8, 4) is 0 Å². The van der Waals surface area contributed by atoms with Gasteiger partial charge in [-0.05, 0) is 44.0 Å². The topological polar surface area (TPSA) is 92.4 Å². The van der Waals surface area contributed by atoms with Crippen LogP contribution in [0.2, 0.25) is 0 Å². The van der Waals surface area contributed by atoms with Crippen molar-refractivity contribution in [1.29, 1.82) is 0 Å². The molecule has 0 radical (unpaired) electrons. The van der Waals surface area contributed by atoms with Gasteiger partial charge in [-0.2, -0.15) is 5.10 Å². The second kappa shape index (κ2) is 8.60. The summed E-state index contributed by atoms with van der Waals surface area (Å²) in [5.74, 6) is 0.345. The first-order valence-corrected chi connectivity index (χ1v) is 10.1. The van der Waals surface area contributed by atoms with Crippen LogP contribution in [0, 0.1) is 0 Å². The number of likely N-dealkylation sites (tertiary alicyclic amines) is 1. The average Bonchev–Trinajstić information content (AvgIpc) is 3.32. The van der Waals surface area contributed by atoms with Crippen molar-refractivity contribution in [2.24, 2.45) is 0 Å². The number of piperidine rings is 1. The summed E-state index contributed by atoms with van der Waals surface area (Å²) in [5.41, 5.74) is 2.18. The van der Waals surface area contributed by atoms with Crippen molar-refractivity contribution in [3.63, 3.8) is 0 Å². The second-order valence-corrected chi connectivity index (χ2v) is 7.49. The van der Waals surface area contributed by atoms with E-state index in [4.69, 9.17) is 4.42 Å². The molecule has 2 aromatic heterocycles. The number of hydrogen-bond acceptors (Lipinski definition) is 5. The molecule has 150 valence electrons. The third-order valence-electron chi connectivity index (χ3n) is 5.43. The minimum atomic E-state index is -0.0798. The van der Waals surface area contributed by atoms with E-state index < -0.39 is 0 Å². The summed E-state index contributed by atoms with van der Waals surface area (Å²) in [5, 5.41) is 11.1. The molecule has 2 amide bonds. The molecule has 0 unspecified atom stereocenters. The molecule has 1 fully saturated rings. The number of carbonyl (C=O) groups is 2. The summed E-state index contributed by atoms with van der Waals surface area (Å²) in [4.78, 5) is 26.4. The molecule has 0 aromatic carbocycles. The molecule has 2 aliphatic heterocycles. The molecular formula is C20H27N5O3. The maximum Gasteiger partial charge on any atom is 0.289 e. The molecule has 4 rings (SSSR count). The Morgan fingerprint density at radius 1 is 1.29 bits per heavy atom. The molecule has 28 heavy (non-hydrogen) atoms. The number of carbonyl (C=O) groups excluding carboxylic acids is 2. The van der Waals surface area contributed by atoms with Crippen molar-refractivity contribution in [2.75, 3.05) is 19.6 Å². The summed E-state index contributed by atoms with van der Waals surface area (Å²) in [7, 11) is 0. The molecule has 2 N–H and O–H groups in total. The minimum absolute atomic E-state index is 0.0529. The third-order valence-corrected chi connectivity index (χ3v) is 5.43. The number of fused-ring (bicyclic) bond motifs is 1. The molecule has 0 aliphatic carbocycles. The van der Waals surface area contributed by atoms with Crippen molar-refractivity contribution >= 4 is 11.8 Å². The maximum absolute atomic E-state index is 12.3. The molecule has 2 aliphatic rings. The van der Waals surface area contributed by atoms with Gasteiger partial charge < -0.3 is 20.0 Å². The van der Waals surface area contributed by atoms with Gasteiger partial charge >= 0.3 is 0 Å². The van der Waals surface area contributed by atoms with Crippen LogP contribution >= 0.6 is 0 Å². The van der Waals surface area contributed by atoms with Crippen molar-refractivity contribution in [3.05, 3.63) is 41.6 Å². The Kier molecular flexibility index (Phi) is 5.76. The summed E-state index contributed by atoms with van der Waals surface area (Å²) < 4.78 is 7.23. The van der Waals surface area contributed by atoms with Gasteiger partial charge in [0.2, 0.25) is 5.91 Å². The molecule has 1 saturated heterocycles. The molecule has 0 saturated carbocycles. The molecule has 8 nitrogen and oxygen atoms in total. The molecule has 4 heterocycles. The number of aromatic nitrogens is 2. The Labute approximate surface area is 164 Å². The number of amides is 2. The van der Waals surface area contributed by atoms with Gasteiger partial charge in [0.25, 0.3) is 5.91 Å². The fourth-order valence-corrected chi connectivity index (χ4v) is 3.87. The summed E-state index contributed by atoms with van der Waals surface area (Å²) in [6.45, 7) is 4.06.